The molecule has 0 spiro atoms. The predicted octanol–water partition coefficient (Wildman–Crippen LogP) is 5.82. The molecule has 188 valence electrons. The van der Waals surface area contributed by atoms with Crippen molar-refractivity contribution in [3.63, 3.8) is 0 Å². The number of nitrogens with zero attached hydrogens (tertiary/aromatic N) is 3. The molecule has 36 heavy (non-hydrogen) atoms. The first-order chi connectivity index (χ1) is 17.6. The minimum atomic E-state index is -0.430. The molecule has 0 fully saturated rings. The Hall–Kier alpha value is -3.42. The summed E-state index contributed by atoms with van der Waals surface area (Å²) in [7, 11) is 3.23. The van der Waals surface area contributed by atoms with E-state index in [1.807, 2.05) is 77.7 Å². The van der Waals surface area contributed by atoms with Crippen molar-refractivity contribution < 1.29 is 14.3 Å². The van der Waals surface area contributed by atoms with Gasteiger partial charge in [0.25, 0.3) is 0 Å². The summed E-state index contributed by atoms with van der Waals surface area (Å²) in [4.78, 5) is 23.4. The van der Waals surface area contributed by atoms with Crippen molar-refractivity contribution in [1.82, 2.24) is 9.88 Å². The fourth-order valence-corrected chi connectivity index (χ4v) is 5.37. The molecule has 0 bridgehead atoms. The van der Waals surface area contributed by atoms with Crippen molar-refractivity contribution in [2.45, 2.75) is 19.8 Å². The normalized spacial score (nSPS) is 11.3. The average Bonchev–Trinajstić information content (AvgIpc) is 3.34. The number of rotatable bonds is 11. The highest BCUT2D eigenvalue weighted by molar-refractivity contribution is 7.22. The Morgan fingerprint density at radius 1 is 0.861 bits per heavy atom. The number of benzene rings is 3. The van der Waals surface area contributed by atoms with Gasteiger partial charge >= 0.3 is 0 Å². The lowest BCUT2D eigenvalue weighted by atomic mass is 9.90. The number of fused-ring (bicyclic) bond motifs is 1. The molecule has 4 rings (SSSR count). The number of methoxy groups -OCH3 is 2. The van der Waals surface area contributed by atoms with Crippen molar-refractivity contribution in [3.8, 4) is 11.5 Å². The number of thiazole rings is 1. The topological polar surface area (TPSA) is 54.9 Å². The van der Waals surface area contributed by atoms with Gasteiger partial charge in [-0.3, -0.25) is 9.69 Å². The highest BCUT2D eigenvalue weighted by Gasteiger charge is 2.30. The second kappa shape index (κ2) is 12.0. The third-order valence-corrected chi connectivity index (χ3v) is 7.47. The van der Waals surface area contributed by atoms with Gasteiger partial charge in [0.1, 0.15) is 0 Å². The first-order valence-corrected chi connectivity index (χ1v) is 13.1. The lowest BCUT2D eigenvalue weighted by Crippen LogP contribution is -2.41. The van der Waals surface area contributed by atoms with Crippen LogP contribution in [-0.4, -0.2) is 56.2 Å². The molecule has 1 aromatic heterocycles. The first-order valence-electron chi connectivity index (χ1n) is 12.3. The highest BCUT2D eigenvalue weighted by Crippen LogP contribution is 2.38. The second-order valence-electron chi connectivity index (χ2n) is 8.44. The lowest BCUT2D eigenvalue weighted by Gasteiger charge is -2.28. The van der Waals surface area contributed by atoms with Gasteiger partial charge in [0.2, 0.25) is 5.91 Å². The smallest absolute Gasteiger partial charge is 0.240 e. The van der Waals surface area contributed by atoms with Crippen LogP contribution in [0.25, 0.3) is 10.2 Å². The Morgan fingerprint density at radius 2 is 1.42 bits per heavy atom. The van der Waals surface area contributed by atoms with Gasteiger partial charge in [0.15, 0.2) is 16.6 Å². The monoisotopic (exact) mass is 503 g/mol. The summed E-state index contributed by atoms with van der Waals surface area (Å²) in [6, 6.07) is 23.7. The third-order valence-electron chi connectivity index (χ3n) is 6.43. The van der Waals surface area contributed by atoms with Gasteiger partial charge in [-0.2, -0.15) is 0 Å². The zero-order valence-electron chi connectivity index (χ0n) is 21.3. The standard InChI is InChI=1S/C29H33N3O3S/c1-5-31(6-2)17-18-32(29-30-23-19-24(34-3)25(35-4)20-26(23)36-29)28(33)27(21-13-9-7-10-14-21)22-15-11-8-12-16-22/h7-16,19-20,27H,5-6,17-18H2,1-4H3. The van der Waals surface area contributed by atoms with Gasteiger partial charge in [-0.25, -0.2) is 4.98 Å². The maximum absolute atomic E-state index is 14.4. The van der Waals surface area contributed by atoms with Crippen LogP contribution in [-0.2, 0) is 4.79 Å². The molecule has 0 saturated carbocycles. The number of likely N-dealkylation sites (N-methyl/N-ethyl adjacent to an activating group) is 1. The molecule has 0 aliphatic carbocycles. The molecule has 0 saturated heterocycles. The zero-order chi connectivity index (χ0) is 25.5. The quantitative estimate of drug-likeness (QED) is 0.258. The third kappa shape index (κ3) is 5.53. The molecule has 0 atom stereocenters. The maximum atomic E-state index is 14.4. The summed E-state index contributed by atoms with van der Waals surface area (Å²) in [6.45, 7) is 7.44. The summed E-state index contributed by atoms with van der Waals surface area (Å²) < 4.78 is 11.9. The molecule has 0 radical (unpaired) electrons. The summed E-state index contributed by atoms with van der Waals surface area (Å²) in [6.07, 6.45) is 0. The van der Waals surface area contributed by atoms with Crippen molar-refractivity contribution in [3.05, 3.63) is 83.9 Å². The molecular formula is C29H33N3O3S. The number of carbonyl (C=O) groups is 1. The molecular weight excluding hydrogens is 470 g/mol. The van der Waals surface area contributed by atoms with E-state index < -0.39 is 5.92 Å². The van der Waals surface area contributed by atoms with Crippen LogP contribution < -0.4 is 14.4 Å². The molecule has 0 unspecified atom stereocenters. The molecule has 0 N–H and O–H groups in total. The van der Waals surface area contributed by atoms with Crippen molar-refractivity contribution in [1.29, 1.82) is 0 Å². The van der Waals surface area contributed by atoms with Crippen LogP contribution in [0, 0.1) is 0 Å². The Morgan fingerprint density at radius 3 is 1.94 bits per heavy atom. The van der Waals surface area contributed by atoms with E-state index in [4.69, 9.17) is 14.5 Å². The fraction of sp³-hybridized carbons (Fsp3) is 0.310. The number of amides is 1. The Bertz CT molecular complexity index is 1190. The van der Waals surface area contributed by atoms with Crippen LogP contribution in [0.2, 0.25) is 0 Å². The molecule has 0 aliphatic heterocycles. The first kappa shape index (κ1) is 25.7. The van der Waals surface area contributed by atoms with Gasteiger partial charge in [0, 0.05) is 25.2 Å². The summed E-state index contributed by atoms with van der Waals surface area (Å²) in [5.74, 6) is 0.847. The highest BCUT2D eigenvalue weighted by atomic mass is 32.1. The van der Waals surface area contributed by atoms with E-state index >= 15 is 0 Å². The van der Waals surface area contributed by atoms with E-state index in [1.54, 1.807) is 14.2 Å². The van der Waals surface area contributed by atoms with Crippen LogP contribution in [0.3, 0.4) is 0 Å². The number of hydrogen-bond acceptors (Lipinski definition) is 6. The van der Waals surface area contributed by atoms with E-state index in [1.165, 1.54) is 11.3 Å². The number of hydrogen-bond donors (Lipinski definition) is 0. The Labute approximate surface area is 217 Å². The van der Waals surface area contributed by atoms with Gasteiger partial charge in [-0.15, -0.1) is 0 Å². The van der Waals surface area contributed by atoms with E-state index in [2.05, 4.69) is 18.7 Å². The van der Waals surface area contributed by atoms with Crippen LogP contribution in [0.4, 0.5) is 5.13 Å². The van der Waals surface area contributed by atoms with Crippen molar-refractivity contribution in [2.24, 2.45) is 0 Å². The van der Waals surface area contributed by atoms with Gasteiger partial charge in [0.05, 0.1) is 30.4 Å². The maximum Gasteiger partial charge on any atom is 0.240 e. The molecule has 1 amide bonds. The SMILES string of the molecule is CCN(CC)CCN(C(=O)C(c1ccccc1)c1ccccc1)c1nc2cc(OC)c(OC)cc2s1. The van der Waals surface area contributed by atoms with Gasteiger partial charge in [-0.1, -0.05) is 85.8 Å². The largest absolute Gasteiger partial charge is 0.493 e. The summed E-state index contributed by atoms with van der Waals surface area (Å²) in [5, 5.41) is 0.675. The van der Waals surface area contributed by atoms with Crippen LogP contribution in [0.15, 0.2) is 72.8 Å². The van der Waals surface area contributed by atoms with E-state index in [-0.39, 0.29) is 5.91 Å². The van der Waals surface area contributed by atoms with Crippen molar-refractivity contribution >= 4 is 32.6 Å². The van der Waals surface area contributed by atoms with Crippen LogP contribution >= 0.6 is 11.3 Å². The van der Waals surface area contributed by atoms with E-state index in [0.29, 0.717) is 23.2 Å². The lowest BCUT2D eigenvalue weighted by molar-refractivity contribution is -0.119. The van der Waals surface area contributed by atoms with Gasteiger partial charge in [-0.05, 0) is 24.2 Å². The predicted molar refractivity (Wildman–Crippen MR) is 148 cm³/mol. The molecule has 6 nitrogen and oxygen atoms in total. The zero-order valence-corrected chi connectivity index (χ0v) is 22.1. The number of aromatic nitrogens is 1. The van der Waals surface area contributed by atoms with Crippen LogP contribution in [0.5, 0.6) is 11.5 Å². The minimum Gasteiger partial charge on any atom is -0.493 e. The fourth-order valence-electron chi connectivity index (χ4n) is 4.36. The Kier molecular flexibility index (Phi) is 8.57. The molecule has 3 aromatic carbocycles. The van der Waals surface area contributed by atoms with Crippen molar-refractivity contribution in [2.75, 3.05) is 45.3 Å². The number of anilines is 1. The number of carbonyl (C=O) groups excluding carboxylic acids is 1. The second-order valence-corrected chi connectivity index (χ2v) is 9.45. The number of ether oxygens (including phenoxy) is 2. The molecule has 7 heteroatoms. The summed E-state index contributed by atoms with van der Waals surface area (Å²) in [5.41, 5.74) is 2.71. The summed E-state index contributed by atoms with van der Waals surface area (Å²) >= 11 is 1.50. The van der Waals surface area contributed by atoms with Gasteiger partial charge < -0.3 is 14.4 Å². The van der Waals surface area contributed by atoms with Crippen LogP contribution in [0.1, 0.15) is 30.9 Å². The molecule has 0 aliphatic rings. The molecule has 1 heterocycles. The Balaban J connectivity index is 1.79. The average molecular weight is 504 g/mol. The van der Waals surface area contributed by atoms with E-state index in [0.717, 1.165) is 41.0 Å². The minimum absolute atomic E-state index is 0.0116. The molecule has 4 aromatic rings. The van der Waals surface area contributed by atoms with E-state index in [9.17, 15) is 4.79 Å².